The molecule has 0 amide bonds. The molecule has 0 aliphatic carbocycles. The smallest absolute Gasteiger partial charge is 0.219 e. The van der Waals surface area contributed by atoms with Crippen molar-refractivity contribution in [1.29, 1.82) is 0 Å². The zero-order valence-electron chi connectivity index (χ0n) is 17.3. The summed E-state index contributed by atoms with van der Waals surface area (Å²) in [7, 11) is 0. The van der Waals surface area contributed by atoms with Gasteiger partial charge < -0.3 is 15.0 Å². The molecule has 32 heavy (non-hydrogen) atoms. The molecule has 1 aliphatic rings. The topological polar surface area (TPSA) is 62.8 Å². The molecule has 7 heteroatoms. The number of rotatable bonds is 5. The van der Waals surface area contributed by atoms with E-state index in [1.165, 1.54) is 24.3 Å². The number of imidazole rings is 1. The van der Waals surface area contributed by atoms with E-state index in [1.807, 2.05) is 12.1 Å². The number of nitrogens with one attached hydrogen (secondary N) is 2. The van der Waals surface area contributed by atoms with Crippen molar-refractivity contribution in [2.75, 3.05) is 13.1 Å². The first-order valence-electron chi connectivity index (χ1n) is 10.6. The monoisotopic (exact) mass is 432 g/mol. The summed E-state index contributed by atoms with van der Waals surface area (Å²) in [5.74, 6) is 1.53. The van der Waals surface area contributed by atoms with Crippen LogP contribution >= 0.6 is 0 Å². The van der Waals surface area contributed by atoms with Gasteiger partial charge in [-0.15, -0.1) is 0 Å². The highest BCUT2D eigenvalue weighted by atomic mass is 19.1. The Kier molecular flexibility index (Phi) is 5.64. The number of hydrogen-bond donors (Lipinski definition) is 2. The van der Waals surface area contributed by atoms with Crippen molar-refractivity contribution in [2.45, 2.75) is 18.8 Å². The minimum absolute atomic E-state index is 0.289. The van der Waals surface area contributed by atoms with Crippen molar-refractivity contribution in [3.63, 3.8) is 0 Å². The van der Waals surface area contributed by atoms with Gasteiger partial charge in [0.25, 0.3) is 0 Å². The summed E-state index contributed by atoms with van der Waals surface area (Å²) in [6.45, 7) is 1.91. The van der Waals surface area contributed by atoms with Crippen molar-refractivity contribution in [1.82, 2.24) is 20.3 Å². The largest absolute Gasteiger partial charge is 0.439 e. The SMILES string of the molecule is Fc1ccc(Oc2cc(-c3[nH]c(C4CCNCC4)nc3-c3ccc(F)cc3)ccn2)cc1. The van der Waals surface area contributed by atoms with Crippen molar-refractivity contribution < 1.29 is 13.5 Å². The number of ether oxygens (including phenoxy) is 1. The number of nitrogens with zero attached hydrogens (tertiary/aromatic N) is 2. The summed E-state index contributed by atoms with van der Waals surface area (Å²) in [6, 6.07) is 15.8. The molecular formula is C25H22F2N4O. The van der Waals surface area contributed by atoms with Crippen LogP contribution in [0.3, 0.4) is 0 Å². The summed E-state index contributed by atoms with van der Waals surface area (Å²) >= 11 is 0. The number of pyridine rings is 1. The van der Waals surface area contributed by atoms with Gasteiger partial charge in [0.15, 0.2) is 0 Å². The molecule has 0 bridgehead atoms. The number of piperidine rings is 1. The summed E-state index contributed by atoms with van der Waals surface area (Å²) < 4.78 is 32.5. The van der Waals surface area contributed by atoms with Crippen LogP contribution in [0, 0.1) is 11.6 Å². The second-order valence-electron chi connectivity index (χ2n) is 7.82. The Hall–Kier alpha value is -3.58. The number of halogens is 2. The van der Waals surface area contributed by atoms with E-state index in [0.717, 1.165) is 54.3 Å². The van der Waals surface area contributed by atoms with Crippen LogP contribution in [-0.4, -0.2) is 28.0 Å². The molecule has 0 saturated carbocycles. The second-order valence-corrected chi connectivity index (χ2v) is 7.82. The first-order chi connectivity index (χ1) is 15.7. The zero-order valence-corrected chi connectivity index (χ0v) is 17.3. The van der Waals surface area contributed by atoms with E-state index in [4.69, 9.17) is 9.72 Å². The maximum atomic E-state index is 13.5. The van der Waals surface area contributed by atoms with Crippen LogP contribution in [0.4, 0.5) is 8.78 Å². The predicted molar refractivity (Wildman–Crippen MR) is 119 cm³/mol. The van der Waals surface area contributed by atoms with Gasteiger partial charge in [-0.2, -0.15) is 0 Å². The number of benzene rings is 2. The highest BCUT2D eigenvalue weighted by Crippen LogP contribution is 2.35. The first-order valence-corrected chi connectivity index (χ1v) is 10.6. The molecule has 0 radical (unpaired) electrons. The first kappa shape index (κ1) is 20.3. The van der Waals surface area contributed by atoms with E-state index in [9.17, 15) is 8.78 Å². The molecule has 1 aliphatic heterocycles. The average Bonchev–Trinajstić information content (AvgIpc) is 3.27. The fourth-order valence-electron chi connectivity index (χ4n) is 3.95. The van der Waals surface area contributed by atoms with Gasteiger partial charge >= 0.3 is 0 Å². The summed E-state index contributed by atoms with van der Waals surface area (Å²) in [5.41, 5.74) is 3.27. The van der Waals surface area contributed by atoms with Crippen LogP contribution in [0.15, 0.2) is 66.9 Å². The Morgan fingerprint density at radius 3 is 2.25 bits per heavy atom. The summed E-state index contributed by atoms with van der Waals surface area (Å²) in [4.78, 5) is 12.7. The van der Waals surface area contributed by atoms with Gasteiger partial charge in [0.05, 0.1) is 11.4 Å². The zero-order chi connectivity index (χ0) is 21.9. The van der Waals surface area contributed by atoms with Crippen molar-refractivity contribution >= 4 is 0 Å². The molecule has 5 rings (SSSR count). The molecule has 0 spiro atoms. The minimum Gasteiger partial charge on any atom is -0.439 e. The van der Waals surface area contributed by atoms with Gasteiger partial charge in [0, 0.05) is 29.3 Å². The van der Waals surface area contributed by atoms with E-state index in [-0.39, 0.29) is 11.6 Å². The number of H-pyrrole nitrogens is 1. The molecule has 2 N–H and O–H groups in total. The standard InChI is InChI=1S/C25H22F2N4O/c26-19-3-1-16(2-4-19)23-24(31-25(30-23)17-9-12-28-13-10-17)18-11-14-29-22(15-18)32-21-7-5-20(27)6-8-21/h1-8,11,14-15,17,28H,9-10,12-13H2,(H,30,31). The third-order valence-corrected chi connectivity index (χ3v) is 5.63. The Balaban J connectivity index is 1.53. The van der Waals surface area contributed by atoms with Crippen molar-refractivity contribution in [2.24, 2.45) is 0 Å². The lowest BCUT2D eigenvalue weighted by Crippen LogP contribution is -2.27. The van der Waals surface area contributed by atoms with Crippen LogP contribution < -0.4 is 10.1 Å². The normalized spacial score (nSPS) is 14.4. The minimum atomic E-state index is -0.328. The molecule has 2 aromatic carbocycles. The lowest BCUT2D eigenvalue weighted by Gasteiger charge is -2.20. The summed E-state index contributed by atoms with van der Waals surface area (Å²) in [5, 5.41) is 3.38. The van der Waals surface area contributed by atoms with Crippen LogP contribution in [0.2, 0.25) is 0 Å². The Bertz CT molecular complexity index is 1200. The highest BCUT2D eigenvalue weighted by Gasteiger charge is 2.22. The third-order valence-electron chi connectivity index (χ3n) is 5.63. The number of aromatic amines is 1. The van der Waals surface area contributed by atoms with Gasteiger partial charge in [-0.25, -0.2) is 18.7 Å². The Labute approximate surface area is 184 Å². The fourth-order valence-corrected chi connectivity index (χ4v) is 3.95. The fraction of sp³-hybridized carbons (Fsp3) is 0.200. The molecule has 1 fully saturated rings. The van der Waals surface area contributed by atoms with Crippen LogP contribution in [0.1, 0.15) is 24.6 Å². The maximum Gasteiger partial charge on any atom is 0.219 e. The van der Waals surface area contributed by atoms with Gasteiger partial charge in [-0.3, -0.25) is 0 Å². The second kappa shape index (κ2) is 8.88. The lowest BCUT2D eigenvalue weighted by molar-refractivity contribution is 0.447. The number of aromatic nitrogens is 3. The molecule has 0 atom stereocenters. The van der Waals surface area contributed by atoms with Crippen molar-refractivity contribution in [3.8, 4) is 34.1 Å². The quantitative estimate of drug-likeness (QED) is 0.426. The molecule has 5 nitrogen and oxygen atoms in total. The van der Waals surface area contributed by atoms with E-state index >= 15 is 0 Å². The Morgan fingerprint density at radius 2 is 1.53 bits per heavy atom. The average molecular weight is 432 g/mol. The van der Waals surface area contributed by atoms with Crippen LogP contribution in [-0.2, 0) is 0 Å². The molecule has 3 heterocycles. The molecule has 1 saturated heterocycles. The Morgan fingerprint density at radius 1 is 0.844 bits per heavy atom. The van der Waals surface area contributed by atoms with Gasteiger partial charge in [-0.1, -0.05) is 0 Å². The van der Waals surface area contributed by atoms with E-state index in [1.54, 1.807) is 30.5 Å². The van der Waals surface area contributed by atoms with E-state index in [0.29, 0.717) is 17.5 Å². The molecule has 0 unspecified atom stereocenters. The molecule has 2 aromatic heterocycles. The predicted octanol–water partition coefficient (Wildman–Crippen LogP) is 5.68. The van der Waals surface area contributed by atoms with Crippen LogP contribution in [0.5, 0.6) is 11.6 Å². The lowest BCUT2D eigenvalue weighted by atomic mass is 9.98. The van der Waals surface area contributed by atoms with Gasteiger partial charge in [-0.05, 0) is 80.5 Å². The third kappa shape index (κ3) is 4.38. The molecular weight excluding hydrogens is 410 g/mol. The summed E-state index contributed by atoms with van der Waals surface area (Å²) in [6.07, 6.45) is 3.67. The molecule has 4 aromatic rings. The van der Waals surface area contributed by atoms with Crippen molar-refractivity contribution in [3.05, 3.63) is 84.3 Å². The maximum absolute atomic E-state index is 13.5. The van der Waals surface area contributed by atoms with Gasteiger partial charge in [0.1, 0.15) is 23.2 Å². The van der Waals surface area contributed by atoms with Crippen LogP contribution in [0.25, 0.3) is 22.5 Å². The van der Waals surface area contributed by atoms with E-state index < -0.39 is 0 Å². The highest BCUT2D eigenvalue weighted by molar-refractivity contribution is 5.78. The van der Waals surface area contributed by atoms with E-state index in [2.05, 4.69) is 15.3 Å². The number of hydrogen-bond acceptors (Lipinski definition) is 4. The molecule has 162 valence electrons. The van der Waals surface area contributed by atoms with Gasteiger partial charge in [0.2, 0.25) is 5.88 Å².